The van der Waals surface area contributed by atoms with Crippen molar-refractivity contribution < 1.29 is 14.7 Å². The molecule has 0 bridgehead atoms. The maximum absolute atomic E-state index is 12.2. The van der Waals surface area contributed by atoms with Gasteiger partial charge in [0.05, 0.1) is 6.61 Å². The molecule has 2 aliphatic rings. The Kier molecular flexibility index (Phi) is 2.78. The Bertz CT molecular complexity index is 537. The fourth-order valence-electron chi connectivity index (χ4n) is 2.76. The van der Waals surface area contributed by atoms with Gasteiger partial charge in [-0.1, -0.05) is 18.2 Å². The summed E-state index contributed by atoms with van der Waals surface area (Å²) in [7, 11) is 0. The van der Waals surface area contributed by atoms with Crippen LogP contribution in [0.2, 0.25) is 0 Å². The van der Waals surface area contributed by atoms with E-state index in [4.69, 9.17) is 5.11 Å². The van der Waals surface area contributed by atoms with Crippen molar-refractivity contribution >= 4 is 17.5 Å². The predicted molar refractivity (Wildman–Crippen MR) is 69.8 cm³/mol. The van der Waals surface area contributed by atoms with Crippen molar-refractivity contribution in [3.8, 4) is 0 Å². The average molecular weight is 260 g/mol. The zero-order chi connectivity index (χ0) is 13.5. The van der Waals surface area contributed by atoms with Gasteiger partial charge in [0.2, 0.25) is 0 Å². The Balaban J connectivity index is 1.83. The maximum Gasteiger partial charge on any atom is 0.316 e. The van der Waals surface area contributed by atoms with Gasteiger partial charge in [-0.2, -0.15) is 0 Å². The Labute approximate surface area is 111 Å². The monoisotopic (exact) mass is 260 g/mol. The summed E-state index contributed by atoms with van der Waals surface area (Å²) < 4.78 is 0. The van der Waals surface area contributed by atoms with Crippen molar-refractivity contribution in [2.75, 3.05) is 24.6 Å². The summed E-state index contributed by atoms with van der Waals surface area (Å²) in [6, 6.07) is 7.78. The summed E-state index contributed by atoms with van der Waals surface area (Å²) in [5, 5.41) is 11.1. The molecule has 100 valence electrons. The van der Waals surface area contributed by atoms with Crippen LogP contribution in [0.25, 0.3) is 0 Å². The largest absolute Gasteiger partial charge is 0.395 e. The highest BCUT2D eigenvalue weighted by Crippen LogP contribution is 2.56. The van der Waals surface area contributed by atoms with Crippen molar-refractivity contribution in [3.63, 3.8) is 0 Å². The smallest absolute Gasteiger partial charge is 0.316 e. The molecule has 1 fully saturated rings. The van der Waals surface area contributed by atoms with Crippen molar-refractivity contribution in [2.24, 2.45) is 0 Å². The van der Waals surface area contributed by atoms with Crippen LogP contribution >= 0.6 is 0 Å². The molecule has 0 radical (unpaired) electrons. The van der Waals surface area contributed by atoms with Gasteiger partial charge < -0.3 is 15.3 Å². The molecular weight excluding hydrogens is 244 g/mol. The van der Waals surface area contributed by atoms with Crippen LogP contribution in [0.5, 0.6) is 0 Å². The Morgan fingerprint density at radius 1 is 1.32 bits per heavy atom. The van der Waals surface area contributed by atoms with Gasteiger partial charge in [-0.05, 0) is 24.5 Å². The zero-order valence-corrected chi connectivity index (χ0v) is 10.6. The third-order valence-corrected chi connectivity index (χ3v) is 3.92. The number of carbonyl (C=O) groups is 2. The number of aliphatic hydroxyl groups is 1. The molecule has 5 heteroatoms. The Morgan fingerprint density at radius 3 is 2.74 bits per heavy atom. The summed E-state index contributed by atoms with van der Waals surface area (Å²) in [6.45, 7) is 0.530. The van der Waals surface area contributed by atoms with E-state index >= 15 is 0 Å². The molecule has 3 rings (SSSR count). The predicted octanol–water partition coefficient (Wildman–Crippen LogP) is 0.173. The first-order valence-corrected chi connectivity index (χ1v) is 6.48. The van der Waals surface area contributed by atoms with Gasteiger partial charge in [-0.25, -0.2) is 0 Å². The molecule has 1 heterocycles. The van der Waals surface area contributed by atoms with E-state index in [-0.39, 0.29) is 18.6 Å². The number of rotatable bonds is 2. The molecule has 0 saturated heterocycles. The minimum atomic E-state index is -0.651. The number of fused-ring (bicyclic) bond motifs is 2. The number of anilines is 1. The highest BCUT2D eigenvalue weighted by atomic mass is 16.3. The van der Waals surface area contributed by atoms with E-state index in [1.165, 1.54) is 5.56 Å². The number of hydrogen-bond acceptors (Lipinski definition) is 3. The second-order valence-corrected chi connectivity index (χ2v) is 5.17. The van der Waals surface area contributed by atoms with Crippen LogP contribution in [0.1, 0.15) is 18.4 Å². The first-order valence-electron chi connectivity index (χ1n) is 6.48. The maximum atomic E-state index is 12.2. The normalized spacial score (nSPS) is 18.3. The second-order valence-electron chi connectivity index (χ2n) is 5.17. The molecule has 5 nitrogen and oxygen atoms in total. The quantitative estimate of drug-likeness (QED) is 0.745. The van der Waals surface area contributed by atoms with Gasteiger partial charge >= 0.3 is 11.8 Å². The number of hydrogen-bond donors (Lipinski definition) is 2. The van der Waals surface area contributed by atoms with Crippen molar-refractivity contribution in [2.45, 2.75) is 18.3 Å². The Morgan fingerprint density at radius 2 is 2.05 bits per heavy atom. The number of carbonyl (C=O) groups excluding carboxylic acids is 2. The van der Waals surface area contributed by atoms with Gasteiger partial charge in [0.1, 0.15) is 0 Å². The molecule has 0 atom stereocenters. The molecule has 2 N–H and O–H groups in total. The van der Waals surface area contributed by atoms with Gasteiger partial charge in [0.15, 0.2) is 0 Å². The summed E-state index contributed by atoms with van der Waals surface area (Å²) in [6.07, 6.45) is 2.15. The number of aliphatic hydroxyl groups excluding tert-OH is 1. The molecule has 1 aromatic rings. The summed E-state index contributed by atoms with van der Waals surface area (Å²) in [5.41, 5.74) is 2.12. The van der Waals surface area contributed by atoms with E-state index < -0.39 is 11.8 Å². The molecule has 19 heavy (non-hydrogen) atoms. The van der Waals surface area contributed by atoms with Crippen molar-refractivity contribution in [1.82, 2.24) is 5.32 Å². The van der Waals surface area contributed by atoms with Gasteiger partial charge in [0.25, 0.3) is 0 Å². The van der Waals surface area contributed by atoms with Crippen LogP contribution in [-0.2, 0) is 15.0 Å². The lowest BCUT2D eigenvalue weighted by Crippen LogP contribution is -2.44. The van der Waals surface area contributed by atoms with Crippen LogP contribution in [0.15, 0.2) is 24.3 Å². The SMILES string of the molecule is O=C(NCCO)C(=O)N1CC2(CC2)c2ccccc21. The zero-order valence-electron chi connectivity index (χ0n) is 10.6. The third kappa shape index (κ3) is 1.90. The van der Waals surface area contributed by atoms with Gasteiger partial charge in [-0.15, -0.1) is 0 Å². The molecule has 1 aliphatic carbocycles. The van der Waals surface area contributed by atoms with Crippen LogP contribution in [0, 0.1) is 0 Å². The molecule has 1 aliphatic heterocycles. The molecule has 1 spiro atoms. The number of amides is 2. The molecule has 0 aromatic heterocycles. The summed E-state index contributed by atoms with van der Waals surface area (Å²) in [5.74, 6) is -1.19. The highest BCUT2D eigenvalue weighted by molar-refractivity contribution is 6.40. The van der Waals surface area contributed by atoms with E-state index in [0.717, 1.165) is 18.5 Å². The van der Waals surface area contributed by atoms with E-state index in [1.54, 1.807) is 4.90 Å². The fourth-order valence-corrected chi connectivity index (χ4v) is 2.76. The van der Waals surface area contributed by atoms with Crippen LogP contribution in [-0.4, -0.2) is 36.6 Å². The number of para-hydroxylation sites is 1. The first-order chi connectivity index (χ1) is 9.18. The molecule has 2 amide bonds. The molecule has 1 saturated carbocycles. The standard InChI is InChI=1S/C14H16N2O3/c17-8-7-15-12(18)13(19)16-9-14(5-6-14)10-3-1-2-4-11(10)16/h1-4,17H,5-9H2,(H,15,18). The lowest BCUT2D eigenvalue weighted by molar-refractivity contribution is -0.137. The minimum Gasteiger partial charge on any atom is -0.395 e. The lowest BCUT2D eigenvalue weighted by atomic mass is 9.99. The van der Waals surface area contributed by atoms with Gasteiger partial charge in [-0.3, -0.25) is 9.59 Å². The van der Waals surface area contributed by atoms with Crippen LogP contribution < -0.4 is 10.2 Å². The van der Waals surface area contributed by atoms with Crippen LogP contribution in [0.4, 0.5) is 5.69 Å². The summed E-state index contributed by atoms with van der Waals surface area (Å²) in [4.78, 5) is 25.4. The van der Waals surface area contributed by atoms with Crippen molar-refractivity contribution in [3.05, 3.63) is 29.8 Å². The van der Waals surface area contributed by atoms with Crippen molar-refractivity contribution in [1.29, 1.82) is 0 Å². The third-order valence-electron chi connectivity index (χ3n) is 3.92. The second kappa shape index (κ2) is 4.35. The molecule has 1 aromatic carbocycles. The first kappa shape index (κ1) is 12.2. The highest BCUT2D eigenvalue weighted by Gasteiger charge is 2.53. The van der Waals surface area contributed by atoms with E-state index in [2.05, 4.69) is 5.32 Å². The number of benzene rings is 1. The fraction of sp³-hybridized carbons (Fsp3) is 0.429. The summed E-state index contributed by atoms with van der Waals surface area (Å²) >= 11 is 0. The number of nitrogens with zero attached hydrogens (tertiary/aromatic N) is 1. The Hall–Kier alpha value is -1.88. The average Bonchev–Trinajstić information content (AvgIpc) is 3.14. The van der Waals surface area contributed by atoms with Crippen LogP contribution in [0.3, 0.4) is 0 Å². The number of nitrogens with one attached hydrogen (secondary N) is 1. The lowest BCUT2D eigenvalue weighted by Gasteiger charge is -2.17. The van der Waals surface area contributed by atoms with E-state index in [9.17, 15) is 9.59 Å². The van der Waals surface area contributed by atoms with E-state index in [1.807, 2.05) is 24.3 Å². The topological polar surface area (TPSA) is 69.6 Å². The minimum absolute atomic E-state index is 0.0868. The molecular formula is C14H16N2O3. The van der Waals surface area contributed by atoms with E-state index in [0.29, 0.717) is 6.54 Å². The van der Waals surface area contributed by atoms with Gasteiger partial charge in [0, 0.05) is 24.2 Å². The molecule has 0 unspecified atom stereocenters.